The third-order valence-corrected chi connectivity index (χ3v) is 2.90. The third-order valence-electron chi connectivity index (χ3n) is 2.90. The van der Waals surface area contributed by atoms with Crippen LogP contribution in [-0.2, 0) is 6.42 Å². The Morgan fingerprint density at radius 3 is 2.67 bits per heavy atom. The number of hydrogen-bond acceptors (Lipinski definition) is 2. The van der Waals surface area contributed by atoms with E-state index in [0.717, 1.165) is 24.1 Å². The number of fused-ring (bicyclic) bond motifs is 1. The molecule has 0 unspecified atom stereocenters. The Morgan fingerprint density at radius 2 is 2.00 bits per heavy atom. The molecule has 0 saturated carbocycles. The Labute approximate surface area is 88.5 Å². The largest absolute Gasteiger partial charge is 0.325 e. The maximum Gasteiger partial charge on any atom is 0.251 e. The van der Waals surface area contributed by atoms with Crippen LogP contribution < -0.4 is 5.56 Å². The number of rotatable bonds is 1. The predicted octanol–water partition coefficient (Wildman–Crippen LogP) is 2.02. The van der Waals surface area contributed by atoms with Crippen molar-refractivity contribution in [1.29, 1.82) is 0 Å². The molecule has 1 aliphatic carbocycles. The molecule has 0 fully saturated rings. The molecule has 3 nitrogen and oxygen atoms in total. The Morgan fingerprint density at radius 1 is 1.27 bits per heavy atom. The van der Waals surface area contributed by atoms with Crippen molar-refractivity contribution in [3.05, 3.63) is 33.2 Å². The van der Waals surface area contributed by atoms with Crippen LogP contribution in [0.5, 0.6) is 0 Å². The van der Waals surface area contributed by atoms with Gasteiger partial charge in [-0.25, -0.2) is 0 Å². The summed E-state index contributed by atoms with van der Waals surface area (Å²) in [5.41, 5.74) is 2.22. The van der Waals surface area contributed by atoms with Gasteiger partial charge in [-0.2, -0.15) is 0 Å². The minimum absolute atomic E-state index is 0.0431. The summed E-state index contributed by atoms with van der Waals surface area (Å²) in [7, 11) is 0. The van der Waals surface area contributed by atoms with Crippen LogP contribution in [0.1, 0.15) is 54.2 Å². The fourth-order valence-corrected chi connectivity index (χ4v) is 2.02. The molecule has 1 aliphatic rings. The molecule has 15 heavy (non-hydrogen) atoms. The molecule has 80 valence electrons. The van der Waals surface area contributed by atoms with Crippen LogP contribution in [0.15, 0.2) is 10.9 Å². The van der Waals surface area contributed by atoms with Crippen LogP contribution >= 0.6 is 0 Å². The first kappa shape index (κ1) is 10.1. The van der Waals surface area contributed by atoms with Crippen molar-refractivity contribution in [3.63, 3.8) is 0 Å². The summed E-state index contributed by atoms with van der Waals surface area (Å²) in [4.78, 5) is 26.2. The van der Waals surface area contributed by atoms with Crippen molar-refractivity contribution in [2.75, 3.05) is 0 Å². The molecule has 0 radical (unpaired) electrons. The van der Waals surface area contributed by atoms with E-state index in [9.17, 15) is 9.59 Å². The van der Waals surface area contributed by atoms with Crippen LogP contribution in [0.4, 0.5) is 0 Å². The quantitative estimate of drug-likeness (QED) is 0.762. The number of carbonyl (C=O) groups is 1. The van der Waals surface area contributed by atoms with Gasteiger partial charge in [0, 0.05) is 23.2 Å². The highest BCUT2D eigenvalue weighted by Crippen LogP contribution is 2.21. The Bertz CT molecular complexity index is 457. The second-order valence-electron chi connectivity index (χ2n) is 4.38. The van der Waals surface area contributed by atoms with Gasteiger partial charge in [0.15, 0.2) is 5.78 Å². The molecule has 0 amide bonds. The smallest absolute Gasteiger partial charge is 0.251 e. The van der Waals surface area contributed by atoms with Crippen molar-refractivity contribution in [1.82, 2.24) is 4.98 Å². The second-order valence-corrected chi connectivity index (χ2v) is 4.38. The highest BCUT2D eigenvalue weighted by Gasteiger charge is 2.20. The number of pyridine rings is 1. The van der Waals surface area contributed by atoms with Crippen LogP contribution in [0, 0.1) is 0 Å². The number of aromatic amines is 1. The van der Waals surface area contributed by atoms with E-state index in [2.05, 4.69) is 4.98 Å². The molecule has 1 aromatic heterocycles. The van der Waals surface area contributed by atoms with Crippen LogP contribution in [-0.4, -0.2) is 10.8 Å². The number of ketones is 1. The van der Waals surface area contributed by atoms with Crippen molar-refractivity contribution < 1.29 is 4.79 Å². The van der Waals surface area contributed by atoms with Gasteiger partial charge in [-0.05, 0) is 24.8 Å². The van der Waals surface area contributed by atoms with E-state index in [1.807, 2.05) is 13.8 Å². The molecule has 0 saturated heterocycles. The van der Waals surface area contributed by atoms with Crippen LogP contribution in [0.3, 0.4) is 0 Å². The minimum Gasteiger partial charge on any atom is -0.325 e. The van der Waals surface area contributed by atoms with Crippen LogP contribution in [0.2, 0.25) is 0 Å². The summed E-state index contributed by atoms with van der Waals surface area (Å²) in [6, 6.07) is 1.78. The predicted molar refractivity (Wildman–Crippen MR) is 58.4 cm³/mol. The number of H-pyrrole nitrogens is 1. The number of aryl methyl sites for hydroxylation is 1. The first-order valence-electron chi connectivity index (χ1n) is 5.39. The molecular formula is C12H15NO2. The van der Waals surface area contributed by atoms with Gasteiger partial charge in [-0.15, -0.1) is 0 Å². The van der Waals surface area contributed by atoms with Gasteiger partial charge in [-0.3, -0.25) is 9.59 Å². The van der Waals surface area contributed by atoms with Crippen molar-refractivity contribution in [2.24, 2.45) is 0 Å². The maximum absolute atomic E-state index is 11.7. The normalized spacial score (nSPS) is 15.5. The highest BCUT2D eigenvalue weighted by molar-refractivity contribution is 5.98. The lowest BCUT2D eigenvalue weighted by Crippen LogP contribution is -2.22. The zero-order valence-corrected chi connectivity index (χ0v) is 9.09. The summed E-state index contributed by atoms with van der Waals surface area (Å²) >= 11 is 0. The lowest BCUT2D eigenvalue weighted by Gasteiger charge is -2.16. The van der Waals surface area contributed by atoms with E-state index < -0.39 is 0 Å². The molecule has 1 heterocycles. The zero-order valence-electron chi connectivity index (χ0n) is 9.09. The molecule has 0 spiro atoms. The number of hydrogen-bond donors (Lipinski definition) is 1. The highest BCUT2D eigenvalue weighted by atomic mass is 16.1. The SMILES string of the molecule is CC(C)c1cc2c([nH]c1=O)CCCC2=O. The fourth-order valence-electron chi connectivity index (χ4n) is 2.02. The molecule has 1 N–H and O–H groups in total. The molecule has 3 heteroatoms. The first-order chi connectivity index (χ1) is 7.09. The van der Waals surface area contributed by atoms with Gasteiger partial charge in [0.2, 0.25) is 0 Å². The monoisotopic (exact) mass is 205 g/mol. The zero-order chi connectivity index (χ0) is 11.0. The minimum atomic E-state index is -0.0431. The molecule has 0 atom stereocenters. The summed E-state index contributed by atoms with van der Waals surface area (Å²) < 4.78 is 0. The van der Waals surface area contributed by atoms with Crippen molar-refractivity contribution >= 4 is 5.78 Å². The Hall–Kier alpha value is -1.38. The van der Waals surface area contributed by atoms with E-state index >= 15 is 0 Å². The van der Waals surface area contributed by atoms with Gasteiger partial charge in [0.25, 0.3) is 5.56 Å². The van der Waals surface area contributed by atoms with E-state index in [1.165, 1.54) is 0 Å². The Kier molecular flexibility index (Phi) is 2.47. The summed E-state index contributed by atoms with van der Waals surface area (Å²) in [5, 5.41) is 0. The number of nitrogens with one attached hydrogen (secondary N) is 1. The van der Waals surface area contributed by atoms with Gasteiger partial charge < -0.3 is 4.98 Å². The molecule has 0 aromatic carbocycles. The van der Waals surface area contributed by atoms with E-state index in [-0.39, 0.29) is 17.3 Å². The maximum atomic E-state index is 11.7. The summed E-state index contributed by atoms with van der Waals surface area (Å²) in [6.07, 6.45) is 2.27. The lowest BCUT2D eigenvalue weighted by molar-refractivity contribution is 0.0971. The van der Waals surface area contributed by atoms with Gasteiger partial charge in [-0.1, -0.05) is 13.8 Å². The Balaban J connectivity index is 2.60. The van der Waals surface area contributed by atoms with Crippen molar-refractivity contribution in [2.45, 2.75) is 39.0 Å². The average Bonchev–Trinajstić information content (AvgIpc) is 2.16. The van der Waals surface area contributed by atoms with E-state index in [0.29, 0.717) is 12.0 Å². The van der Waals surface area contributed by atoms with Gasteiger partial charge >= 0.3 is 0 Å². The van der Waals surface area contributed by atoms with Gasteiger partial charge in [0.05, 0.1) is 0 Å². The number of Topliss-reactive ketones (excluding diaryl/α,β-unsaturated/α-hetero) is 1. The lowest BCUT2D eigenvalue weighted by atomic mass is 9.92. The molecule has 1 aromatic rings. The summed E-state index contributed by atoms with van der Waals surface area (Å²) in [6.45, 7) is 3.93. The number of carbonyl (C=O) groups excluding carboxylic acids is 1. The molecule has 0 bridgehead atoms. The standard InChI is InChI=1S/C12H15NO2/c1-7(2)8-6-9-10(13-12(8)15)4-3-5-11(9)14/h6-7H,3-5H2,1-2H3,(H,13,15). The van der Waals surface area contributed by atoms with E-state index in [4.69, 9.17) is 0 Å². The number of aromatic nitrogens is 1. The topological polar surface area (TPSA) is 49.9 Å². The van der Waals surface area contributed by atoms with Gasteiger partial charge in [0.1, 0.15) is 0 Å². The molecule has 2 rings (SSSR count). The second kappa shape index (κ2) is 3.65. The van der Waals surface area contributed by atoms with Crippen molar-refractivity contribution in [3.8, 4) is 0 Å². The van der Waals surface area contributed by atoms with Crippen LogP contribution in [0.25, 0.3) is 0 Å². The summed E-state index contributed by atoms with van der Waals surface area (Å²) in [5.74, 6) is 0.322. The third kappa shape index (κ3) is 1.74. The molecular weight excluding hydrogens is 190 g/mol. The molecule has 0 aliphatic heterocycles. The van der Waals surface area contributed by atoms with E-state index in [1.54, 1.807) is 6.07 Å². The first-order valence-corrected chi connectivity index (χ1v) is 5.39. The fraction of sp³-hybridized carbons (Fsp3) is 0.500. The average molecular weight is 205 g/mol.